The summed E-state index contributed by atoms with van der Waals surface area (Å²) in [4.78, 5) is 38.1. The second kappa shape index (κ2) is 12.1. The van der Waals surface area contributed by atoms with Crippen molar-refractivity contribution in [2.75, 3.05) is 14.2 Å². The highest BCUT2D eigenvalue weighted by molar-refractivity contribution is 5.79. The first-order valence-electron chi connectivity index (χ1n) is 14.0. The van der Waals surface area contributed by atoms with Crippen LogP contribution in [0.5, 0.6) is 0 Å². The van der Waals surface area contributed by atoms with Crippen LogP contribution >= 0.6 is 0 Å². The minimum atomic E-state index is -1.16. The number of carboxylic acids is 1. The molecule has 3 N–H and O–H groups in total. The van der Waals surface area contributed by atoms with Crippen LogP contribution < -0.4 is 10.6 Å². The molecular formula is C27H44N2O13. The summed E-state index contributed by atoms with van der Waals surface area (Å²) in [6, 6.07) is -1.98. The van der Waals surface area contributed by atoms with Crippen LogP contribution in [0.15, 0.2) is 0 Å². The molecule has 0 spiro atoms. The molecule has 240 valence electrons. The Morgan fingerprint density at radius 2 is 1.24 bits per heavy atom. The van der Waals surface area contributed by atoms with Crippen molar-refractivity contribution >= 4 is 18.0 Å². The zero-order valence-corrected chi connectivity index (χ0v) is 25.5. The fourth-order valence-corrected chi connectivity index (χ4v) is 5.80. The molecule has 4 rings (SSSR count). The third-order valence-electron chi connectivity index (χ3n) is 7.24. The summed E-state index contributed by atoms with van der Waals surface area (Å²) in [5, 5.41) is 15.1. The lowest BCUT2D eigenvalue weighted by atomic mass is 9.98. The van der Waals surface area contributed by atoms with Crippen molar-refractivity contribution in [2.45, 2.75) is 140 Å². The SMILES string of the molecule is CO[C@@H]1[C@H]2OC(C)(C)O[C@H]2O[C@@H]1C(CC(=O)O)NC(=O)CC(NC(=O)OC(C)(C)C)[C@H]1O[C@@H]2OC(C)(C)O[C@@H]2[C@H]1OC. The van der Waals surface area contributed by atoms with E-state index < -0.39 is 103 Å². The molecule has 4 aliphatic rings. The molecule has 0 radical (unpaired) electrons. The van der Waals surface area contributed by atoms with Gasteiger partial charge in [0.15, 0.2) is 24.2 Å². The second-order valence-electron chi connectivity index (χ2n) is 12.8. The summed E-state index contributed by atoms with van der Waals surface area (Å²) in [5.41, 5.74) is -0.806. The van der Waals surface area contributed by atoms with E-state index >= 15 is 0 Å². The van der Waals surface area contributed by atoms with Crippen molar-refractivity contribution in [2.24, 2.45) is 0 Å². The van der Waals surface area contributed by atoms with E-state index in [4.69, 9.17) is 42.6 Å². The van der Waals surface area contributed by atoms with Crippen molar-refractivity contribution in [1.29, 1.82) is 0 Å². The zero-order chi connectivity index (χ0) is 31.2. The van der Waals surface area contributed by atoms with Gasteiger partial charge in [-0.15, -0.1) is 0 Å². The number of carbonyl (C=O) groups is 3. The van der Waals surface area contributed by atoms with E-state index in [1.54, 1.807) is 48.5 Å². The van der Waals surface area contributed by atoms with Gasteiger partial charge in [-0.25, -0.2) is 4.79 Å². The normalized spacial score (nSPS) is 36.1. The Bertz CT molecular complexity index is 1010. The number of rotatable bonds is 10. The van der Waals surface area contributed by atoms with E-state index in [0.717, 1.165) is 0 Å². The van der Waals surface area contributed by atoms with Gasteiger partial charge in [-0.3, -0.25) is 9.59 Å². The van der Waals surface area contributed by atoms with E-state index in [1.165, 1.54) is 14.2 Å². The number of ether oxygens (including phenoxy) is 9. The Balaban J connectivity index is 1.51. The number of amides is 2. The predicted molar refractivity (Wildman–Crippen MR) is 141 cm³/mol. The van der Waals surface area contributed by atoms with Crippen LogP contribution in [0.3, 0.4) is 0 Å². The van der Waals surface area contributed by atoms with Crippen LogP contribution in [0.2, 0.25) is 0 Å². The first-order chi connectivity index (χ1) is 19.4. The van der Waals surface area contributed by atoms with Gasteiger partial charge in [-0.2, -0.15) is 0 Å². The number of hydrogen-bond acceptors (Lipinski definition) is 12. The lowest BCUT2D eigenvalue weighted by Crippen LogP contribution is -2.55. The summed E-state index contributed by atoms with van der Waals surface area (Å²) in [7, 11) is 2.92. The molecule has 4 heterocycles. The molecule has 0 aromatic rings. The minimum absolute atomic E-state index is 0.319. The molecule has 0 saturated carbocycles. The fourth-order valence-electron chi connectivity index (χ4n) is 5.80. The maximum Gasteiger partial charge on any atom is 0.407 e. The van der Waals surface area contributed by atoms with E-state index in [1.807, 2.05) is 0 Å². The van der Waals surface area contributed by atoms with Gasteiger partial charge in [-0.1, -0.05) is 0 Å². The second-order valence-corrected chi connectivity index (χ2v) is 12.8. The van der Waals surface area contributed by atoms with Gasteiger partial charge in [0, 0.05) is 20.6 Å². The zero-order valence-electron chi connectivity index (χ0n) is 25.5. The third-order valence-corrected chi connectivity index (χ3v) is 7.24. The van der Waals surface area contributed by atoms with Gasteiger partial charge in [0.05, 0.1) is 18.5 Å². The summed E-state index contributed by atoms with van der Waals surface area (Å²) >= 11 is 0. The lowest BCUT2D eigenvalue weighted by molar-refractivity contribution is -0.220. The molecule has 0 aliphatic carbocycles. The van der Waals surface area contributed by atoms with E-state index in [9.17, 15) is 19.5 Å². The number of aliphatic carboxylic acids is 1. The highest BCUT2D eigenvalue weighted by atomic mass is 16.9. The molecule has 0 aromatic heterocycles. The lowest BCUT2D eigenvalue weighted by Gasteiger charge is -2.33. The van der Waals surface area contributed by atoms with Crippen molar-refractivity contribution in [3.63, 3.8) is 0 Å². The number of hydrogen-bond donors (Lipinski definition) is 3. The van der Waals surface area contributed by atoms with Gasteiger partial charge in [0.2, 0.25) is 5.91 Å². The van der Waals surface area contributed by atoms with Crippen molar-refractivity contribution in [3.8, 4) is 0 Å². The number of alkyl carbamates (subject to hydrolysis) is 1. The Labute approximate surface area is 245 Å². The maximum atomic E-state index is 13.5. The largest absolute Gasteiger partial charge is 0.481 e. The van der Waals surface area contributed by atoms with Crippen molar-refractivity contribution < 1.29 is 62.1 Å². The average Bonchev–Trinajstić information content (AvgIpc) is 3.50. The molecule has 15 nitrogen and oxygen atoms in total. The number of fused-ring (bicyclic) bond motifs is 2. The van der Waals surface area contributed by atoms with Crippen LogP contribution in [-0.2, 0) is 52.2 Å². The smallest absolute Gasteiger partial charge is 0.407 e. The highest BCUT2D eigenvalue weighted by Crippen LogP contribution is 2.41. The summed E-state index contributed by atoms with van der Waals surface area (Å²) in [6.45, 7) is 12.1. The van der Waals surface area contributed by atoms with Crippen LogP contribution in [0.1, 0.15) is 61.3 Å². The van der Waals surface area contributed by atoms with Gasteiger partial charge in [-0.05, 0) is 48.5 Å². The number of carboxylic acid groups (broad SMARTS) is 1. The van der Waals surface area contributed by atoms with Crippen molar-refractivity contribution in [3.05, 3.63) is 0 Å². The van der Waals surface area contributed by atoms with Gasteiger partial charge in [0.25, 0.3) is 0 Å². The molecule has 4 aliphatic heterocycles. The molecule has 0 aromatic carbocycles. The minimum Gasteiger partial charge on any atom is -0.481 e. The first-order valence-corrected chi connectivity index (χ1v) is 14.0. The summed E-state index contributed by atoms with van der Waals surface area (Å²) in [5.74, 6) is -3.57. The first kappa shape index (κ1) is 32.8. The van der Waals surface area contributed by atoms with Gasteiger partial charge < -0.3 is 58.4 Å². The molecule has 2 unspecified atom stereocenters. The summed E-state index contributed by atoms with van der Waals surface area (Å²) in [6.07, 6.45) is -7.57. The van der Waals surface area contributed by atoms with Gasteiger partial charge in [0.1, 0.15) is 42.2 Å². The molecule has 0 bridgehead atoms. The van der Waals surface area contributed by atoms with E-state index in [0.29, 0.717) is 0 Å². The van der Waals surface area contributed by atoms with Crippen LogP contribution in [0.25, 0.3) is 0 Å². The monoisotopic (exact) mass is 604 g/mol. The standard InChI is InChI=1S/C27H44N2O13/c1-25(2,3)42-24(33)29-12(16-18(34-8)20-22(36-16)40-26(4,5)38-20)10-14(30)28-13(11-15(31)32)17-19(35-9)21-23(37-17)41-27(6,7)39-21/h12-13,16-23H,10-11H2,1-9H3,(H,28,30)(H,29,33)(H,31,32)/t12?,13?,16-,17-,18+,19+,20-,21-,22-,23-/m1/s1. The fraction of sp³-hybridized carbons (Fsp3) is 0.889. The average molecular weight is 605 g/mol. The molecule has 4 fully saturated rings. The number of nitrogens with one attached hydrogen (secondary N) is 2. The molecular weight excluding hydrogens is 560 g/mol. The number of carbonyl (C=O) groups excluding carboxylic acids is 2. The Kier molecular flexibility index (Phi) is 9.46. The summed E-state index contributed by atoms with van der Waals surface area (Å²) < 4.78 is 52.3. The molecule has 2 amide bonds. The molecule has 42 heavy (non-hydrogen) atoms. The molecule has 4 saturated heterocycles. The highest BCUT2D eigenvalue weighted by Gasteiger charge is 2.59. The van der Waals surface area contributed by atoms with Gasteiger partial charge >= 0.3 is 12.1 Å². The van der Waals surface area contributed by atoms with Crippen LogP contribution in [0, 0.1) is 0 Å². The quantitative estimate of drug-likeness (QED) is 0.322. The molecule has 15 heteroatoms. The topological polar surface area (TPSA) is 179 Å². The van der Waals surface area contributed by atoms with E-state index in [2.05, 4.69) is 10.6 Å². The Morgan fingerprint density at radius 1 is 0.786 bits per heavy atom. The Morgan fingerprint density at radius 3 is 1.64 bits per heavy atom. The van der Waals surface area contributed by atoms with Crippen molar-refractivity contribution in [1.82, 2.24) is 10.6 Å². The van der Waals surface area contributed by atoms with Crippen LogP contribution in [0.4, 0.5) is 4.79 Å². The predicted octanol–water partition coefficient (Wildman–Crippen LogP) is 1.01. The third kappa shape index (κ3) is 7.50. The molecule has 10 atom stereocenters. The number of methoxy groups -OCH3 is 2. The van der Waals surface area contributed by atoms with E-state index in [-0.39, 0.29) is 6.42 Å². The van der Waals surface area contributed by atoms with Crippen LogP contribution in [-0.4, -0.2) is 116 Å². The maximum absolute atomic E-state index is 13.5. The Hall–Kier alpha value is -2.11.